The number of hydrogen-bond donors (Lipinski definition) is 1. The van der Waals surface area contributed by atoms with E-state index in [1.165, 1.54) is 18.2 Å². The normalized spacial score (nSPS) is 16.8. The van der Waals surface area contributed by atoms with Crippen LogP contribution in [0.4, 0.5) is 11.4 Å². The van der Waals surface area contributed by atoms with Crippen molar-refractivity contribution in [2.45, 2.75) is 38.1 Å². The van der Waals surface area contributed by atoms with Crippen molar-refractivity contribution in [2.24, 2.45) is 0 Å². The lowest BCUT2D eigenvalue weighted by Gasteiger charge is -2.43. The zero-order valence-electron chi connectivity index (χ0n) is 20.7. The lowest BCUT2D eigenvalue weighted by atomic mass is 9.85. The molecule has 0 unspecified atom stereocenters. The van der Waals surface area contributed by atoms with Gasteiger partial charge in [0.05, 0.1) is 22.2 Å². The van der Waals surface area contributed by atoms with Crippen LogP contribution in [0.2, 0.25) is 5.02 Å². The fraction of sp³-hybridized carbons (Fsp3) is 0.423. The Kier molecular flexibility index (Phi) is 7.97. The second kappa shape index (κ2) is 11.2. The molecule has 0 aliphatic carbocycles. The topological polar surface area (TPSA) is 116 Å². The third-order valence-electron chi connectivity index (χ3n) is 7.04. The molecule has 0 aromatic heterocycles. The van der Waals surface area contributed by atoms with E-state index in [1.807, 2.05) is 42.2 Å². The molecule has 2 fully saturated rings. The summed E-state index contributed by atoms with van der Waals surface area (Å²) in [6.45, 7) is 3.49. The number of halogens is 1. The van der Waals surface area contributed by atoms with E-state index in [4.69, 9.17) is 11.6 Å². The van der Waals surface area contributed by atoms with Crippen molar-refractivity contribution in [1.29, 1.82) is 0 Å². The second-order valence-corrected chi connectivity index (χ2v) is 9.76. The molecule has 2 saturated heterocycles. The van der Waals surface area contributed by atoms with E-state index >= 15 is 0 Å². The number of anilines is 1. The number of benzene rings is 2. The molecular weight excluding hydrogens is 498 g/mol. The summed E-state index contributed by atoms with van der Waals surface area (Å²) < 4.78 is 0. The number of nitrogens with zero attached hydrogens (tertiary/aromatic N) is 4. The van der Waals surface area contributed by atoms with Gasteiger partial charge in [0.1, 0.15) is 12.1 Å². The molecular formula is C26H30ClN5O5. The van der Waals surface area contributed by atoms with Crippen LogP contribution in [0.3, 0.4) is 0 Å². The molecule has 2 heterocycles. The molecule has 37 heavy (non-hydrogen) atoms. The van der Waals surface area contributed by atoms with Crippen LogP contribution in [-0.4, -0.2) is 70.8 Å². The monoisotopic (exact) mass is 527 g/mol. The molecule has 0 atom stereocenters. The first-order valence-electron chi connectivity index (χ1n) is 12.4. The molecule has 196 valence electrons. The summed E-state index contributed by atoms with van der Waals surface area (Å²) in [6.07, 6.45) is 2.60. The van der Waals surface area contributed by atoms with Crippen LogP contribution in [0.5, 0.6) is 0 Å². The molecule has 2 aromatic rings. The number of amides is 3. The Balaban J connectivity index is 1.52. The standard InChI is InChI=1S/C26H30ClN5O5/c1-2-3-13-28-23(33)17-30-18-31(19-7-5-4-6-8-19)26(25(30)35)11-14-29(15-12-26)24(34)21-10-9-20(32(36)37)16-22(21)27/h4-10,16H,2-3,11-15,17-18H2,1H3,(H,28,33). The van der Waals surface area contributed by atoms with Crippen LogP contribution in [-0.2, 0) is 9.59 Å². The van der Waals surface area contributed by atoms with Gasteiger partial charge in [-0.3, -0.25) is 24.5 Å². The highest BCUT2D eigenvalue weighted by Crippen LogP contribution is 2.40. The Morgan fingerprint density at radius 2 is 1.84 bits per heavy atom. The van der Waals surface area contributed by atoms with Gasteiger partial charge in [0.25, 0.3) is 17.5 Å². The van der Waals surface area contributed by atoms with Crippen LogP contribution in [0, 0.1) is 10.1 Å². The van der Waals surface area contributed by atoms with Gasteiger partial charge in [-0.25, -0.2) is 0 Å². The van der Waals surface area contributed by atoms with Gasteiger partial charge in [-0.15, -0.1) is 0 Å². The first-order valence-corrected chi connectivity index (χ1v) is 12.8. The van der Waals surface area contributed by atoms with Crippen molar-refractivity contribution in [2.75, 3.05) is 37.7 Å². The summed E-state index contributed by atoms with van der Waals surface area (Å²) in [5.41, 5.74) is 0.00314. The average molecular weight is 528 g/mol. The smallest absolute Gasteiger partial charge is 0.270 e. The van der Waals surface area contributed by atoms with E-state index in [9.17, 15) is 24.5 Å². The predicted octanol–water partition coefficient (Wildman–Crippen LogP) is 3.45. The van der Waals surface area contributed by atoms with Gasteiger partial charge in [0.2, 0.25) is 5.91 Å². The zero-order chi connectivity index (χ0) is 26.6. The molecule has 0 radical (unpaired) electrons. The maximum Gasteiger partial charge on any atom is 0.270 e. The molecule has 2 aromatic carbocycles. The molecule has 3 amide bonds. The highest BCUT2D eigenvalue weighted by atomic mass is 35.5. The molecule has 4 rings (SSSR count). The van der Waals surface area contributed by atoms with Gasteiger partial charge in [0.15, 0.2) is 0 Å². The fourth-order valence-corrected chi connectivity index (χ4v) is 5.25. The third-order valence-corrected chi connectivity index (χ3v) is 7.35. The number of unbranched alkanes of at least 4 members (excludes halogenated alkanes) is 1. The molecule has 1 N–H and O–H groups in total. The minimum absolute atomic E-state index is 0.0163. The lowest BCUT2D eigenvalue weighted by Crippen LogP contribution is -2.57. The minimum atomic E-state index is -0.874. The molecule has 2 aliphatic rings. The Hall–Kier alpha value is -3.66. The minimum Gasteiger partial charge on any atom is -0.355 e. The summed E-state index contributed by atoms with van der Waals surface area (Å²) in [7, 11) is 0. The van der Waals surface area contributed by atoms with Gasteiger partial charge < -0.3 is 20.0 Å². The number of nitro groups is 1. The molecule has 1 spiro atoms. The first-order chi connectivity index (χ1) is 17.8. The highest BCUT2D eigenvalue weighted by molar-refractivity contribution is 6.34. The Labute approximate surface area is 220 Å². The second-order valence-electron chi connectivity index (χ2n) is 9.36. The summed E-state index contributed by atoms with van der Waals surface area (Å²) in [4.78, 5) is 55.1. The quantitative estimate of drug-likeness (QED) is 0.319. The number of non-ortho nitro benzene ring substituents is 1. The number of para-hydroxylation sites is 1. The summed E-state index contributed by atoms with van der Waals surface area (Å²) in [5, 5.41) is 13.9. The maximum atomic E-state index is 13.7. The number of nitro benzene ring substituents is 1. The average Bonchev–Trinajstić information content (AvgIpc) is 3.15. The Bertz CT molecular complexity index is 1180. The SMILES string of the molecule is CCCCNC(=O)CN1CN(c2ccccc2)C2(CCN(C(=O)c3ccc([N+](=O)[O-])cc3Cl)CC2)C1=O. The molecule has 11 heteroatoms. The molecule has 2 aliphatic heterocycles. The van der Waals surface area contributed by atoms with Crippen LogP contribution in [0.15, 0.2) is 48.5 Å². The Morgan fingerprint density at radius 3 is 2.46 bits per heavy atom. The van der Waals surface area contributed by atoms with E-state index in [0.717, 1.165) is 18.5 Å². The Morgan fingerprint density at radius 1 is 1.14 bits per heavy atom. The number of carbonyl (C=O) groups excluding carboxylic acids is 3. The lowest BCUT2D eigenvalue weighted by molar-refractivity contribution is -0.384. The highest BCUT2D eigenvalue weighted by Gasteiger charge is 2.54. The van der Waals surface area contributed by atoms with Crippen LogP contribution >= 0.6 is 11.6 Å². The van der Waals surface area contributed by atoms with Gasteiger partial charge in [0, 0.05) is 37.5 Å². The van der Waals surface area contributed by atoms with Crippen molar-refractivity contribution in [1.82, 2.24) is 15.1 Å². The predicted molar refractivity (Wildman–Crippen MR) is 139 cm³/mol. The van der Waals surface area contributed by atoms with E-state index in [0.29, 0.717) is 32.5 Å². The number of likely N-dealkylation sites (tertiary alicyclic amines) is 1. The number of rotatable bonds is 8. The third kappa shape index (κ3) is 5.39. The van der Waals surface area contributed by atoms with Crippen molar-refractivity contribution >= 4 is 40.7 Å². The summed E-state index contributed by atoms with van der Waals surface area (Å²) >= 11 is 6.19. The zero-order valence-corrected chi connectivity index (χ0v) is 21.4. The van der Waals surface area contributed by atoms with Gasteiger partial charge in [-0.1, -0.05) is 43.1 Å². The van der Waals surface area contributed by atoms with Crippen molar-refractivity contribution in [3.63, 3.8) is 0 Å². The van der Waals surface area contributed by atoms with Crippen molar-refractivity contribution in [3.05, 3.63) is 69.2 Å². The van der Waals surface area contributed by atoms with E-state index in [-0.39, 0.29) is 47.2 Å². The summed E-state index contributed by atoms with van der Waals surface area (Å²) in [5.74, 6) is -0.645. The van der Waals surface area contributed by atoms with Crippen LogP contribution in [0.25, 0.3) is 0 Å². The summed E-state index contributed by atoms with van der Waals surface area (Å²) in [6, 6.07) is 13.4. The van der Waals surface area contributed by atoms with Gasteiger partial charge in [-0.2, -0.15) is 0 Å². The van der Waals surface area contributed by atoms with E-state index in [2.05, 4.69) is 5.32 Å². The first kappa shape index (κ1) is 26.4. The van der Waals surface area contributed by atoms with Gasteiger partial charge >= 0.3 is 0 Å². The van der Waals surface area contributed by atoms with Gasteiger partial charge in [-0.05, 0) is 37.5 Å². The van der Waals surface area contributed by atoms with Crippen LogP contribution in [0.1, 0.15) is 43.0 Å². The van der Waals surface area contributed by atoms with Crippen LogP contribution < -0.4 is 10.2 Å². The van der Waals surface area contributed by atoms with E-state index in [1.54, 1.807) is 9.80 Å². The van der Waals surface area contributed by atoms with Crippen molar-refractivity contribution in [3.8, 4) is 0 Å². The largest absolute Gasteiger partial charge is 0.355 e. The van der Waals surface area contributed by atoms with E-state index < -0.39 is 10.5 Å². The number of nitrogens with one attached hydrogen (secondary N) is 1. The number of piperidine rings is 1. The maximum absolute atomic E-state index is 13.7. The molecule has 10 nitrogen and oxygen atoms in total. The molecule has 0 saturated carbocycles. The molecule has 0 bridgehead atoms. The number of hydrogen-bond acceptors (Lipinski definition) is 6. The van der Waals surface area contributed by atoms with Crippen molar-refractivity contribution < 1.29 is 19.3 Å². The fourth-order valence-electron chi connectivity index (χ4n) is 5.00. The number of carbonyl (C=O) groups is 3.